The van der Waals surface area contributed by atoms with E-state index in [1.165, 1.54) is 23.0 Å². The third-order valence-corrected chi connectivity index (χ3v) is 8.28. The van der Waals surface area contributed by atoms with Gasteiger partial charge in [0, 0.05) is 10.6 Å². The third-order valence-electron chi connectivity index (χ3n) is 7.04. The maximum absolute atomic E-state index is 14.1. The number of hydrogen-bond donors (Lipinski definition) is 0. The number of halogens is 1. The van der Waals surface area contributed by atoms with Gasteiger partial charge in [-0.15, -0.1) is 0 Å². The molecular formula is C33H31ClN2O7S. The summed E-state index contributed by atoms with van der Waals surface area (Å²) < 4.78 is 30.0. The van der Waals surface area contributed by atoms with Gasteiger partial charge >= 0.3 is 5.97 Å². The molecule has 0 saturated carbocycles. The summed E-state index contributed by atoms with van der Waals surface area (Å²) in [6, 6.07) is 17.2. The Labute approximate surface area is 263 Å². The molecule has 1 atom stereocenters. The lowest BCUT2D eigenvalue weighted by Crippen LogP contribution is -2.40. The van der Waals surface area contributed by atoms with Crippen LogP contribution in [0.2, 0.25) is 5.02 Å². The summed E-state index contributed by atoms with van der Waals surface area (Å²) in [7, 11) is 4.64. The molecule has 0 fully saturated rings. The maximum Gasteiger partial charge on any atom is 0.338 e. The Morgan fingerprint density at radius 1 is 0.977 bits per heavy atom. The standard InChI is InChI=1S/C33H31ClN2O7S/c1-6-42-32(38)29-19(2)35-33-36(30(29)24-17-23(39-3)12-14-25(24)40-4)31(37)28(44-33)16-21-9-13-26(27(15-21)41-5)43-18-20-7-10-22(34)11-8-20/h7-17,30H,6,18H2,1-5H3/b28-16+/t30-/m0/s1. The number of carbonyl (C=O) groups is 1. The quantitative estimate of drug-likeness (QED) is 0.225. The Morgan fingerprint density at radius 3 is 2.39 bits per heavy atom. The molecule has 5 rings (SSSR count). The number of benzene rings is 3. The maximum atomic E-state index is 14.1. The van der Waals surface area contributed by atoms with Crippen molar-refractivity contribution in [1.29, 1.82) is 0 Å². The molecule has 0 N–H and O–H groups in total. The SMILES string of the molecule is CCOC(=O)C1=C(C)N=c2s/c(=C/c3ccc(OCc4ccc(Cl)cc4)c(OC)c3)c(=O)n2[C@H]1c1cc(OC)ccc1OC. The van der Waals surface area contributed by atoms with Crippen LogP contribution in [0.25, 0.3) is 6.08 Å². The number of nitrogens with zero attached hydrogens (tertiary/aromatic N) is 2. The lowest BCUT2D eigenvalue weighted by Gasteiger charge is -2.26. The third kappa shape index (κ3) is 6.22. The highest BCUT2D eigenvalue weighted by Crippen LogP contribution is 2.38. The molecule has 1 aliphatic heterocycles. The number of allylic oxidation sites excluding steroid dienone is 1. The van der Waals surface area contributed by atoms with E-state index in [4.69, 9.17) is 35.3 Å². The molecule has 0 bridgehead atoms. The molecule has 0 radical (unpaired) electrons. The number of rotatable bonds is 10. The van der Waals surface area contributed by atoms with Crippen LogP contribution in [0.5, 0.6) is 23.0 Å². The van der Waals surface area contributed by atoms with Crippen LogP contribution in [-0.4, -0.2) is 38.5 Å². The zero-order valence-corrected chi connectivity index (χ0v) is 26.5. The van der Waals surface area contributed by atoms with Gasteiger partial charge in [0.2, 0.25) is 0 Å². The fourth-order valence-corrected chi connectivity index (χ4v) is 6.10. The van der Waals surface area contributed by atoms with Crippen LogP contribution in [0.15, 0.2) is 81.7 Å². The molecule has 1 aliphatic rings. The average Bonchev–Trinajstić information content (AvgIpc) is 3.33. The zero-order chi connectivity index (χ0) is 31.4. The molecule has 1 aromatic heterocycles. The van der Waals surface area contributed by atoms with Crippen LogP contribution in [0.3, 0.4) is 0 Å². The second-order valence-corrected chi connectivity index (χ2v) is 11.2. The van der Waals surface area contributed by atoms with Gasteiger partial charge < -0.3 is 23.7 Å². The predicted octanol–water partition coefficient (Wildman–Crippen LogP) is 5.06. The molecular weight excluding hydrogens is 604 g/mol. The summed E-state index contributed by atoms with van der Waals surface area (Å²) in [5.74, 6) is 1.55. The summed E-state index contributed by atoms with van der Waals surface area (Å²) in [6.07, 6.45) is 1.76. The van der Waals surface area contributed by atoms with Crippen LogP contribution < -0.4 is 33.8 Å². The highest BCUT2D eigenvalue weighted by molar-refractivity contribution is 7.07. The summed E-state index contributed by atoms with van der Waals surface area (Å²) in [5, 5.41) is 0.655. The predicted molar refractivity (Wildman–Crippen MR) is 169 cm³/mol. The lowest BCUT2D eigenvalue weighted by atomic mass is 9.94. The first-order valence-corrected chi connectivity index (χ1v) is 14.9. The van der Waals surface area contributed by atoms with Gasteiger partial charge in [-0.2, -0.15) is 0 Å². The molecule has 0 spiro atoms. The minimum absolute atomic E-state index is 0.170. The van der Waals surface area contributed by atoms with Crippen molar-refractivity contribution in [3.63, 3.8) is 0 Å². The van der Waals surface area contributed by atoms with Gasteiger partial charge in [0.1, 0.15) is 24.1 Å². The highest BCUT2D eigenvalue weighted by atomic mass is 35.5. The molecule has 0 saturated heterocycles. The van der Waals surface area contributed by atoms with Crippen molar-refractivity contribution in [1.82, 2.24) is 4.57 Å². The van der Waals surface area contributed by atoms with E-state index in [1.807, 2.05) is 30.3 Å². The van der Waals surface area contributed by atoms with Crippen molar-refractivity contribution in [2.75, 3.05) is 27.9 Å². The normalized spacial score (nSPS) is 14.5. The van der Waals surface area contributed by atoms with Gasteiger partial charge in [-0.25, -0.2) is 9.79 Å². The number of esters is 1. The number of methoxy groups -OCH3 is 3. The van der Waals surface area contributed by atoms with E-state index in [0.717, 1.165) is 11.1 Å². The first-order valence-electron chi connectivity index (χ1n) is 13.7. The Balaban J connectivity index is 1.59. The molecule has 0 amide bonds. The Morgan fingerprint density at radius 2 is 1.70 bits per heavy atom. The van der Waals surface area contributed by atoms with Gasteiger partial charge in [-0.1, -0.05) is 41.1 Å². The summed E-state index contributed by atoms with van der Waals surface area (Å²) in [4.78, 5) is 32.4. The highest BCUT2D eigenvalue weighted by Gasteiger charge is 2.35. The van der Waals surface area contributed by atoms with E-state index in [0.29, 0.717) is 55.2 Å². The van der Waals surface area contributed by atoms with Crippen molar-refractivity contribution in [3.05, 3.63) is 113 Å². The van der Waals surface area contributed by atoms with Crippen LogP contribution in [-0.2, 0) is 16.1 Å². The topological polar surface area (TPSA) is 97.6 Å². The number of carbonyl (C=O) groups excluding carboxylic acids is 1. The first-order chi connectivity index (χ1) is 21.3. The Hall–Kier alpha value is -4.54. The fraction of sp³-hybridized carbons (Fsp3) is 0.242. The molecule has 0 aliphatic carbocycles. The average molecular weight is 635 g/mol. The molecule has 11 heteroatoms. The van der Waals surface area contributed by atoms with E-state index in [-0.39, 0.29) is 17.7 Å². The number of thiazole rings is 1. The zero-order valence-electron chi connectivity index (χ0n) is 24.9. The van der Waals surface area contributed by atoms with Crippen molar-refractivity contribution in [2.24, 2.45) is 4.99 Å². The number of ether oxygens (including phenoxy) is 5. The first kappa shape index (κ1) is 30.9. The van der Waals surface area contributed by atoms with Gasteiger partial charge in [-0.05, 0) is 73.5 Å². The molecule has 228 valence electrons. The van der Waals surface area contributed by atoms with Crippen molar-refractivity contribution in [2.45, 2.75) is 26.5 Å². The van der Waals surface area contributed by atoms with Crippen LogP contribution in [0.1, 0.15) is 36.6 Å². The van der Waals surface area contributed by atoms with E-state index < -0.39 is 12.0 Å². The molecule has 2 heterocycles. The van der Waals surface area contributed by atoms with E-state index in [1.54, 1.807) is 64.5 Å². The van der Waals surface area contributed by atoms with Crippen molar-refractivity contribution in [3.8, 4) is 23.0 Å². The van der Waals surface area contributed by atoms with Crippen LogP contribution in [0.4, 0.5) is 0 Å². The molecule has 9 nitrogen and oxygen atoms in total. The number of hydrogen-bond acceptors (Lipinski definition) is 9. The monoisotopic (exact) mass is 634 g/mol. The summed E-state index contributed by atoms with van der Waals surface area (Å²) in [5.41, 5.74) is 2.64. The van der Waals surface area contributed by atoms with E-state index >= 15 is 0 Å². The molecule has 4 aromatic rings. The summed E-state index contributed by atoms with van der Waals surface area (Å²) in [6.45, 7) is 3.97. The van der Waals surface area contributed by atoms with Crippen LogP contribution in [0, 0.1) is 0 Å². The Kier molecular flexibility index (Phi) is 9.41. The van der Waals surface area contributed by atoms with Gasteiger partial charge in [0.05, 0.1) is 43.7 Å². The minimum Gasteiger partial charge on any atom is -0.497 e. The van der Waals surface area contributed by atoms with E-state index in [9.17, 15) is 9.59 Å². The molecule has 44 heavy (non-hydrogen) atoms. The van der Waals surface area contributed by atoms with Crippen molar-refractivity contribution < 1.29 is 28.5 Å². The Bertz CT molecular complexity index is 1910. The number of aromatic nitrogens is 1. The van der Waals surface area contributed by atoms with Crippen molar-refractivity contribution >= 4 is 35.0 Å². The second kappa shape index (κ2) is 13.4. The largest absolute Gasteiger partial charge is 0.497 e. The molecule has 3 aromatic carbocycles. The van der Waals surface area contributed by atoms with Gasteiger partial charge in [0.25, 0.3) is 5.56 Å². The van der Waals surface area contributed by atoms with Crippen LogP contribution >= 0.6 is 22.9 Å². The van der Waals surface area contributed by atoms with E-state index in [2.05, 4.69) is 4.99 Å². The van der Waals surface area contributed by atoms with Gasteiger partial charge in [-0.3, -0.25) is 9.36 Å². The minimum atomic E-state index is -0.851. The second-order valence-electron chi connectivity index (χ2n) is 9.74. The van der Waals surface area contributed by atoms with Gasteiger partial charge in [0.15, 0.2) is 16.3 Å². The lowest BCUT2D eigenvalue weighted by molar-refractivity contribution is -0.139. The smallest absolute Gasteiger partial charge is 0.338 e. The number of fused-ring (bicyclic) bond motifs is 1. The fourth-order valence-electron chi connectivity index (χ4n) is 4.93. The molecule has 0 unspecified atom stereocenters. The summed E-state index contributed by atoms with van der Waals surface area (Å²) >= 11 is 7.21.